The maximum atomic E-state index is 14.7. The number of benzene rings is 2. The highest BCUT2D eigenvalue weighted by Gasteiger charge is 2.23. The van der Waals surface area contributed by atoms with Crippen molar-refractivity contribution in [2.45, 2.75) is 13.0 Å². The summed E-state index contributed by atoms with van der Waals surface area (Å²) >= 11 is 12.7. The van der Waals surface area contributed by atoms with Crippen LogP contribution < -0.4 is 27.0 Å². The van der Waals surface area contributed by atoms with Gasteiger partial charge >= 0.3 is 0 Å². The fourth-order valence-corrected chi connectivity index (χ4v) is 4.47. The van der Waals surface area contributed by atoms with E-state index < -0.39 is 5.82 Å². The van der Waals surface area contributed by atoms with Crippen molar-refractivity contribution in [3.8, 4) is 12.3 Å². The lowest BCUT2D eigenvalue weighted by Gasteiger charge is -2.23. The number of halogens is 3. The highest BCUT2D eigenvalue weighted by molar-refractivity contribution is 6.36. The summed E-state index contributed by atoms with van der Waals surface area (Å²) in [6.45, 7) is 1.94. The van der Waals surface area contributed by atoms with Gasteiger partial charge in [0.25, 0.3) is 0 Å². The minimum Gasteiger partial charge on any atom is -0.373 e. The highest BCUT2D eigenvalue weighted by atomic mass is 35.5. The Bertz CT molecular complexity index is 1550. The van der Waals surface area contributed by atoms with Gasteiger partial charge in [-0.3, -0.25) is 9.97 Å². The summed E-state index contributed by atoms with van der Waals surface area (Å²) in [4.78, 5) is 8.88. The minimum atomic E-state index is -0.584. The van der Waals surface area contributed by atoms with Crippen LogP contribution in [0.5, 0.6) is 0 Å². The van der Waals surface area contributed by atoms with E-state index in [1.807, 2.05) is 31.3 Å². The SMILES string of the molecule is C#Cc1cnc2c(Cl)cc(N[C@H](C3=CNNN3)c3cccnc3C)cc2c1Nc1cccc(Cl)c1F. The number of fused-ring (bicyclic) bond motifs is 1. The summed E-state index contributed by atoms with van der Waals surface area (Å²) in [7, 11) is 0. The molecule has 0 bridgehead atoms. The van der Waals surface area contributed by atoms with E-state index in [1.54, 1.807) is 24.4 Å². The van der Waals surface area contributed by atoms with Crippen molar-refractivity contribution in [2.24, 2.45) is 0 Å². The van der Waals surface area contributed by atoms with Gasteiger partial charge in [0, 0.05) is 40.9 Å². The van der Waals surface area contributed by atoms with E-state index in [-0.39, 0.29) is 16.8 Å². The number of nitrogens with zero attached hydrogens (tertiary/aromatic N) is 2. The van der Waals surface area contributed by atoms with Gasteiger partial charge in [-0.25, -0.2) is 4.39 Å². The Kier molecular flexibility index (Phi) is 6.53. The lowest BCUT2D eigenvalue weighted by atomic mass is 10.0. The first-order chi connectivity index (χ1) is 17.5. The molecule has 1 aliphatic rings. The standard InChI is InChI=1S/C26H20Cl2FN7/c1-3-15-12-31-25-18(24(15)34-21-8-4-7-19(27)23(21)29)10-16(11-20(25)28)33-26(22-13-32-36-35-22)17-6-5-9-30-14(17)2/h1,4-13,26,32-33,35-36H,2H3,(H,31,34)/t26-/m0/s1. The Morgan fingerprint density at radius 3 is 2.72 bits per heavy atom. The zero-order chi connectivity index (χ0) is 25.2. The van der Waals surface area contributed by atoms with Gasteiger partial charge in [-0.05, 0) is 37.3 Å². The summed E-state index contributed by atoms with van der Waals surface area (Å²) in [6.07, 6.45) is 10.9. The smallest absolute Gasteiger partial charge is 0.165 e. The predicted molar refractivity (Wildman–Crippen MR) is 142 cm³/mol. The average molecular weight is 520 g/mol. The summed E-state index contributed by atoms with van der Waals surface area (Å²) in [5.41, 5.74) is 13.9. The fraction of sp³-hybridized carbons (Fsp3) is 0.0769. The van der Waals surface area contributed by atoms with Crippen molar-refractivity contribution in [1.29, 1.82) is 0 Å². The van der Waals surface area contributed by atoms with E-state index in [2.05, 4.69) is 42.9 Å². The minimum absolute atomic E-state index is 0.00440. The van der Waals surface area contributed by atoms with E-state index in [0.29, 0.717) is 32.9 Å². The van der Waals surface area contributed by atoms with Crippen LogP contribution in [0.15, 0.2) is 66.8 Å². The number of rotatable bonds is 6. The van der Waals surface area contributed by atoms with Crippen LogP contribution in [0.4, 0.5) is 21.5 Å². The average Bonchev–Trinajstić information content (AvgIpc) is 3.41. The Labute approximate surface area is 217 Å². The molecule has 2 aromatic heterocycles. The predicted octanol–water partition coefficient (Wildman–Crippen LogP) is 5.72. The van der Waals surface area contributed by atoms with E-state index in [9.17, 15) is 4.39 Å². The second-order valence-electron chi connectivity index (χ2n) is 8.02. The van der Waals surface area contributed by atoms with Gasteiger partial charge in [-0.1, -0.05) is 41.3 Å². The van der Waals surface area contributed by atoms with E-state index in [1.165, 1.54) is 12.3 Å². The molecule has 0 radical (unpaired) electrons. The van der Waals surface area contributed by atoms with Crippen LogP contribution in [0, 0.1) is 25.1 Å². The molecule has 1 aliphatic heterocycles. The summed E-state index contributed by atoms with van der Waals surface area (Å²) in [5.74, 6) is 2.03. The Balaban J connectivity index is 1.63. The number of nitrogens with one attached hydrogen (secondary N) is 5. The third-order valence-corrected chi connectivity index (χ3v) is 6.36. The van der Waals surface area contributed by atoms with Crippen molar-refractivity contribution in [2.75, 3.05) is 10.6 Å². The molecule has 0 fully saturated rings. The second kappa shape index (κ2) is 9.91. The van der Waals surface area contributed by atoms with Crippen molar-refractivity contribution < 1.29 is 4.39 Å². The van der Waals surface area contributed by atoms with Crippen molar-refractivity contribution in [3.05, 3.63) is 99.4 Å². The zero-order valence-corrected chi connectivity index (χ0v) is 20.5. The molecule has 3 heterocycles. The number of anilines is 3. The van der Waals surface area contributed by atoms with Gasteiger partial charge in [0.15, 0.2) is 5.82 Å². The molecular weight excluding hydrogens is 500 g/mol. The molecule has 0 spiro atoms. The molecule has 5 rings (SSSR count). The number of hydrogen-bond acceptors (Lipinski definition) is 7. The number of terminal acetylenes is 1. The van der Waals surface area contributed by atoms with Gasteiger partial charge in [0.1, 0.15) is 0 Å². The molecule has 5 N–H and O–H groups in total. The molecule has 0 unspecified atom stereocenters. The molecule has 0 saturated carbocycles. The number of hydrogen-bond donors (Lipinski definition) is 5. The van der Waals surface area contributed by atoms with Gasteiger partial charge < -0.3 is 21.5 Å². The molecule has 4 aromatic rings. The molecule has 2 aromatic carbocycles. The number of pyridine rings is 2. The van der Waals surface area contributed by atoms with Crippen molar-refractivity contribution in [3.63, 3.8) is 0 Å². The molecular formula is C26H20Cl2FN7. The topological polar surface area (TPSA) is 85.9 Å². The third kappa shape index (κ3) is 4.48. The Hall–Kier alpha value is -4.03. The Morgan fingerprint density at radius 1 is 1.11 bits per heavy atom. The van der Waals surface area contributed by atoms with Crippen molar-refractivity contribution in [1.82, 2.24) is 26.4 Å². The van der Waals surface area contributed by atoms with E-state index >= 15 is 0 Å². The lowest BCUT2D eigenvalue weighted by Crippen LogP contribution is -2.34. The molecule has 10 heteroatoms. The molecule has 1 atom stereocenters. The second-order valence-corrected chi connectivity index (χ2v) is 8.84. The monoisotopic (exact) mass is 519 g/mol. The van der Waals surface area contributed by atoms with Crippen LogP contribution in [0.25, 0.3) is 10.9 Å². The van der Waals surface area contributed by atoms with E-state index in [4.69, 9.17) is 29.6 Å². The largest absolute Gasteiger partial charge is 0.373 e. The molecule has 36 heavy (non-hydrogen) atoms. The first kappa shape index (κ1) is 23.7. The number of aryl methyl sites for hydroxylation is 1. The van der Waals surface area contributed by atoms with Crippen LogP contribution in [0.1, 0.15) is 22.9 Å². The molecule has 180 valence electrons. The molecule has 0 aliphatic carbocycles. The maximum Gasteiger partial charge on any atom is 0.165 e. The highest BCUT2D eigenvalue weighted by Crippen LogP contribution is 2.37. The summed E-state index contributed by atoms with van der Waals surface area (Å²) in [5, 5.41) is 7.63. The fourth-order valence-electron chi connectivity index (χ4n) is 4.03. The van der Waals surface area contributed by atoms with Gasteiger partial charge in [0.2, 0.25) is 0 Å². The number of aromatic nitrogens is 2. The van der Waals surface area contributed by atoms with Crippen molar-refractivity contribution >= 4 is 51.2 Å². The first-order valence-electron chi connectivity index (χ1n) is 10.9. The van der Waals surface area contributed by atoms with E-state index in [0.717, 1.165) is 17.0 Å². The number of hydrazine groups is 2. The van der Waals surface area contributed by atoms with Crippen LogP contribution in [0.2, 0.25) is 10.0 Å². The lowest BCUT2D eigenvalue weighted by molar-refractivity contribution is 0.582. The van der Waals surface area contributed by atoms with Crippen LogP contribution in [0.3, 0.4) is 0 Å². The maximum absolute atomic E-state index is 14.7. The third-order valence-electron chi connectivity index (χ3n) is 5.78. The quantitative estimate of drug-likeness (QED) is 0.208. The molecule has 7 nitrogen and oxygen atoms in total. The zero-order valence-electron chi connectivity index (χ0n) is 19.0. The molecule has 0 amide bonds. The summed E-state index contributed by atoms with van der Waals surface area (Å²) < 4.78 is 14.7. The normalized spacial score (nSPS) is 13.4. The van der Waals surface area contributed by atoms with Crippen LogP contribution in [-0.4, -0.2) is 9.97 Å². The summed E-state index contributed by atoms with van der Waals surface area (Å²) in [6, 6.07) is 11.9. The van der Waals surface area contributed by atoms with Gasteiger partial charge in [-0.2, -0.15) is 5.53 Å². The first-order valence-corrected chi connectivity index (χ1v) is 11.7. The van der Waals surface area contributed by atoms with Gasteiger partial charge in [-0.15, -0.1) is 6.42 Å². The van der Waals surface area contributed by atoms with Gasteiger partial charge in [0.05, 0.1) is 44.2 Å². The van der Waals surface area contributed by atoms with Crippen LogP contribution in [-0.2, 0) is 0 Å². The Morgan fingerprint density at radius 2 is 1.97 bits per heavy atom. The molecule has 0 saturated heterocycles. The van der Waals surface area contributed by atoms with Crippen LogP contribution >= 0.6 is 23.2 Å².